The summed E-state index contributed by atoms with van der Waals surface area (Å²) in [6, 6.07) is 3.76. The summed E-state index contributed by atoms with van der Waals surface area (Å²) >= 11 is 0. The van der Waals surface area contributed by atoms with Gasteiger partial charge in [-0.3, -0.25) is 4.79 Å². The van der Waals surface area contributed by atoms with Crippen molar-refractivity contribution in [2.45, 2.75) is 46.5 Å². The predicted molar refractivity (Wildman–Crippen MR) is 83.4 cm³/mol. The highest BCUT2D eigenvalue weighted by Crippen LogP contribution is 2.26. The van der Waals surface area contributed by atoms with Crippen LogP contribution in [-0.2, 0) is 11.2 Å². The number of hydrogen-bond acceptors (Lipinski definition) is 1. The second kappa shape index (κ2) is 6.76. The van der Waals surface area contributed by atoms with E-state index in [0.717, 1.165) is 38.4 Å². The molecule has 0 radical (unpaired) electrons. The topological polar surface area (TPSA) is 20.3 Å². The van der Waals surface area contributed by atoms with Crippen molar-refractivity contribution in [3.63, 3.8) is 0 Å². The second-order valence-electron chi connectivity index (χ2n) is 7.28. The number of amides is 1. The van der Waals surface area contributed by atoms with Crippen LogP contribution >= 0.6 is 0 Å². The molecule has 1 aromatic rings. The van der Waals surface area contributed by atoms with Gasteiger partial charge in [0.05, 0.1) is 0 Å². The highest BCUT2D eigenvalue weighted by molar-refractivity contribution is 5.81. The first-order chi connectivity index (χ1) is 10.3. The maximum Gasteiger partial charge on any atom is 0.227 e. The normalized spacial score (nSPS) is 19.3. The molecule has 122 valence electrons. The average molecular weight is 309 g/mol. The van der Waals surface area contributed by atoms with Gasteiger partial charge in [0.15, 0.2) is 0 Å². The zero-order valence-corrected chi connectivity index (χ0v) is 13.7. The van der Waals surface area contributed by atoms with Crippen molar-refractivity contribution in [2.24, 2.45) is 11.3 Å². The van der Waals surface area contributed by atoms with Crippen LogP contribution in [0.15, 0.2) is 18.2 Å². The molecule has 0 aliphatic carbocycles. The molecule has 2 nitrogen and oxygen atoms in total. The molecule has 1 atom stereocenters. The minimum Gasteiger partial charge on any atom is -0.342 e. The molecule has 1 aliphatic heterocycles. The molecule has 22 heavy (non-hydrogen) atoms. The van der Waals surface area contributed by atoms with E-state index in [1.54, 1.807) is 0 Å². The summed E-state index contributed by atoms with van der Waals surface area (Å²) in [6.07, 6.45) is 3.49. The average Bonchev–Trinajstić information content (AvgIpc) is 2.45. The van der Waals surface area contributed by atoms with Gasteiger partial charge in [0.25, 0.3) is 0 Å². The van der Waals surface area contributed by atoms with Gasteiger partial charge in [-0.15, -0.1) is 0 Å². The first-order valence-electron chi connectivity index (χ1n) is 8.00. The van der Waals surface area contributed by atoms with Crippen molar-refractivity contribution < 1.29 is 13.6 Å². The number of carbonyl (C=O) groups excluding carboxylic acids is 1. The molecule has 4 heteroatoms. The number of halogens is 2. The van der Waals surface area contributed by atoms with Crippen LogP contribution in [0.4, 0.5) is 8.78 Å². The number of likely N-dealkylation sites (tertiary alicyclic amines) is 1. The van der Waals surface area contributed by atoms with E-state index in [1.165, 1.54) is 12.1 Å². The third-order valence-electron chi connectivity index (χ3n) is 4.28. The molecule has 0 spiro atoms. The Morgan fingerprint density at radius 1 is 1.32 bits per heavy atom. The van der Waals surface area contributed by atoms with Gasteiger partial charge in [-0.25, -0.2) is 8.78 Å². The Labute approximate surface area is 131 Å². The van der Waals surface area contributed by atoms with E-state index < -0.39 is 11.6 Å². The van der Waals surface area contributed by atoms with Crippen molar-refractivity contribution in [1.82, 2.24) is 4.90 Å². The fourth-order valence-corrected chi connectivity index (χ4v) is 3.04. The van der Waals surface area contributed by atoms with Crippen molar-refractivity contribution in [3.8, 4) is 0 Å². The molecule has 0 unspecified atom stereocenters. The summed E-state index contributed by atoms with van der Waals surface area (Å²) in [5.74, 6) is -0.436. The van der Waals surface area contributed by atoms with Crippen molar-refractivity contribution in [3.05, 3.63) is 35.4 Å². The van der Waals surface area contributed by atoms with E-state index in [1.807, 2.05) is 25.7 Å². The quantitative estimate of drug-likeness (QED) is 0.820. The lowest BCUT2D eigenvalue weighted by Crippen LogP contribution is -2.45. The van der Waals surface area contributed by atoms with Crippen LogP contribution in [0.2, 0.25) is 0 Å². The van der Waals surface area contributed by atoms with Gasteiger partial charge in [-0.1, -0.05) is 26.8 Å². The van der Waals surface area contributed by atoms with Gasteiger partial charge in [0.1, 0.15) is 11.6 Å². The molecule has 0 N–H and O–H groups in total. The van der Waals surface area contributed by atoms with Crippen LogP contribution < -0.4 is 0 Å². The number of aryl methyl sites for hydroxylation is 1. The van der Waals surface area contributed by atoms with E-state index in [-0.39, 0.29) is 11.3 Å². The lowest BCUT2D eigenvalue weighted by Gasteiger charge is -2.36. The van der Waals surface area contributed by atoms with E-state index in [4.69, 9.17) is 0 Å². The van der Waals surface area contributed by atoms with Crippen LogP contribution in [0.1, 0.15) is 45.6 Å². The van der Waals surface area contributed by atoms with E-state index in [9.17, 15) is 13.6 Å². The molecule has 1 heterocycles. The SMILES string of the molecule is CC(C)(C)C(=O)N1CCC[C@H](CCc2ccc(F)cc2F)C1. The van der Waals surface area contributed by atoms with E-state index in [0.29, 0.717) is 17.9 Å². The van der Waals surface area contributed by atoms with E-state index in [2.05, 4.69) is 0 Å². The number of hydrogen-bond donors (Lipinski definition) is 0. The summed E-state index contributed by atoms with van der Waals surface area (Å²) in [7, 11) is 0. The third kappa shape index (κ3) is 4.28. The Balaban J connectivity index is 1.92. The van der Waals surface area contributed by atoms with Gasteiger partial charge in [0, 0.05) is 24.6 Å². The molecule has 0 aromatic heterocycles. The first kappa shape index (κ1) is 16.9. The Bertz CT molecular complexity index is 536. The molecule has 1 aromatic carbocycles. The standard InChI is InChI=1S/C18H25F2NO/c1-18(2,3)17(22)21-10-4-5-13(12-21)6-7-14-8-9-15(19)11-16(14)20/h8-9,11,13H,4-7,10,12H2,1-3H3/t13-/m1/s1. The van der Waals surface area contributed by atoms with Crippen LogP contribution in [0.25, 0.3) is 0 Å². The van der Waals surface area contributed by atoms with Crippen LogP contribution in [0.3, 0.4) is 0 Å². The maximum atomic E-state index is 13.7. The Kier molecular flexibility index (Phi) is 5.20. The first-order valence-corrected chi connectivity index (χ1v) is 8.00. The minimum absolute atomic E-state index is 0.185. The Morgan fingerprint density at radius 3 is 2.68 bits per heavy atom. The van der Waals surface area contributed by atoms with Crippen molar-refractivity contribution in [2.75, 3.05) is 13.1 Å². The molecule has 1 amide bonds. The monoisotopic (exact) mass is 309 g/mol. The number of nitrogens with zero attached hydrogens (tertiary/aromatic N) is 1. The molecule has 1 saturated heterocycles. The number of rotatable bonds is 3. The largest absolute Gasteiger partial charge is 0.342 e. The molecule has 1 fully saturated rings. The number of benzene rings is 1. The van der Waals surface area contributed by atoms with Gasteiger partial charge >= 0.3 is 0 Å². The number of carbonyl (C=O) groups is 1. The summed E-state index contributed by atoms with van der Waals surface area (Å²) in [5.41, 5.74) is 0.200. The lowest BCUT2D eigenvalue weighted by molar-refractivity contribution is -0.141. The van der Waals surface area contributed by atoms with Gasteiger partial charge < -0.3 is 4.90 Å². The highest BCUT2D eigenvalue weighted by atomic mass is 19.1. The van der Waals surface area contributed by atoms with Crippen molar-refractivity contribution in [1.29, 1.82) is 0 Å². The summed E-state index contributed by atoms with van der Waals surface area (Å²) in [4.78, 5) is 14.3. The fourth-order valence-electron chi connectivity index (χ4n) is 3.04. The van der Waals surface area contributed by atoms with Crippen LogP contribution in [-0.4, -0.2) is 23.9 Å². The highest BCUT2D eigenvalue weighted by Gasteiger charge is 2.30. The van der Waals surface area contributed by atoms with E-state index >= 15 is 0 Å². The van der Waals surface area contributed by atoms with Gasteiger partial charge in [-0.2, -0.15) is 0 Å². The predicted octanol–water partition coefficient (Wildman–Crippen LogP) is 4.18. The zero-order chi connectivity index (χ0) is 16.3. The molecular formula is C18H25F2NO. The smallest absolute Gasteiger partial charge is 0.227 e. The van der Waals surface area contributed by atoms with Gasteiger partial charge in [0.2, 0.25) is 5.91 Å². The van der Waals surface area contributed by atoms with Crippen LogP contribution in [0.5, 0.6) is 0 Å². The molecule has 2 rings (SSSR count). The Morgan fingerprint density at radius 2 is 2.05 bits per heavy atom. The zero-order valence-electron chi connectivity index (χ0n) is 13.7. The summed E-state index contributed by atoms with van der Waals surface area (Å²) < 4.78 is 26.6. The summed E-state index contributed by atoms with van der Waals surface area (Å²) in [5, 5.41) is 0. The molecule has 1 aliphatic rings. The van der Waals surface area contributed by atoms with Crippen molar-refractivity contribution >= 4 is 5.91 Å². The maximum absolute atomic E-state index is 13.7. The third-order valence-corrected chi connectivity index (χ3v) is 4.28. The van der Waals surface area contributed by atoms with Crippen LogP contribution in [0, 0.1) is 23.0 Å². The molecule has 0 saturated carbocycles. The summed E-state index contributed by atoms with van der Waals surface area (Å²) in [6.45, 7) is 7.38. The van der Waals surface area contributed by atoms with Gasteiger partial charge in [-0.05, 0) is 43.2 Å². The minimum atomic E-state index is -0.541. The molecule has 0 bridgehead atoms. The second-order valence-corrected chi connectivity index (χ2v) is 7.28. The lowest BCUT2D eigenvalue weighted by atomic mass is 9.88. The number of piperidine rings is 1. The fraction of sp³-hybridized carbons (Fsp3) is 0.611. The molecular weight excluding hydrogens is 284 g/mol. The Hall–Kier alpha value is -1.45.